The van der Waals surface area contributed by atoms with Gasteiger partial charge in [-0.25, -0.2) is 0 Å². The van der Waals surface area contributed by atoms with Crippen LogP contribution in [0.3, 0.4) is 0 Å². The molecule has 1 aliphatic rings. The van der Waals surface area contributed by atoms with E-state index < -0.39 is 11.9 Å². The Balaban J connectivity index is 2.60. The number of amides is 1. The van der Waals surface area contributed by atoms with E-state index in [-0.39, 0.29) is 11.9 Å². The molecule has 4 heteroatoms. The molecule has 0 aromatic rings. The number of carbonyl (C=O) groups is 2. The fraction of sp³-hybridized carbons (Fsp3) is 0.571. The third-order valence-electron chi connectivity index (χ3n) is 3.21. The minimum absolute atomic E-state index is 0.216. The molecule has 1 saturated carbocycles. The Morgan fingerprint density at radius 1 is 1.17 bits per heavy atom. The van der Waals surface area contributed by atoms with Gasteiger partial charge in [-0.15, -0.1) is 0 Å². The lowest BCUT2D eigenvalue weighted by molar-refractivity contribution is -0.143. The molecule has 2 atom stereocenters. The summed E-state index contributed by atoms with van der Waals surface area (Å²) in [6.07, 6.45) is 11.0. The van der Waals surface area contributed by atoms with Crippen LogP contribution in [0, 0.1) is 5.92 Å². The first kappa shape index (κ1) is 14.5. The van der Waals surface area contributed by atoms with Gasteiger partial charge in [0, 0.05) is 12.1 Å². The highest BCUT2D eigenvalue weighted by Gasteiger charge is 2.29. The summed E-state index contributed by atoms with van der Waals surface area (Å²) < 4.78 is 0. The van der Waals surface area contributed by atoms with Crippen LogP contribution in [0.5, 0.6) is 0 Å². The molecule has 1 aliphatic carbocycles. The number of aliphatic carboxylic acids is 1. The molecule has 0 aromatic carbocycles. The molecule has 18 heavy (non-hydrogen) atoms. The van der Waals surface area contributed by atoms with E-state index in [1.807, 2.05) is 13.0 Å². The van der Waals surface area contributed by atoms with Gasteiger partial charge in [0.1, 0.15) is 0 Å². The number of allylic oxidation sites excluding steroid dienone is 3. The molecule has 1 amide bonds. The molecule has 100 valence electrons. The van der Waals surface area contributed by atoms with Crippen LogP contribution in [0.25, 0.3) is 0 Å². The zero-order valence-electron chi connectivity index (χ0n) is 10.8. The van der Waals surface area contributed by atoms with Gasteiger partial charge in [-0.2, -0.15) is 0 Å². The molecule has 0 aliphatic heterocycles. The molecule has 4 nitrogen and oxygen atoms in total. The molecule has 0 bridgehead atoms. The van der Waals surface area contributed by atoms with Crippen molar-refractivity contribution < 1.29 is 14.7 Å². The summed E-state index contributed by atoms with van der Waals surface area (Å²) in [4.78, 5) is 22.8. The maximum atomic E-state index is 11.6. The Hall–Kier alpha value is -1.58. The summed E-state index contributed by atoms with van der Waals surface area (Å²) in [6.45, 7) is 1.87. The number of carboxylic acids is 1. The first-order valence-corrected chi connectivity index (χ1v) is 6.48. The smallest absolute Gasteiger partial charge is 0.308 e. The minimum Gasteiger partial charge on any atom is -0.481 e. The van der Waals surface area contributed by atoms with Crippen LogP contribution in [0.4, 0.5) is 0 Å². The topological polar surface area (TPSA) is 66.4 Å². The summed E-state index contributed by atoms with van der Waals surface area (Å²) in [6, 6.07) is -0.243. The van der Waals surface area contributed by atoms with E-state index in [2.05, 4.69) is 5.32 Å². The predicted molar refractivity (Wildman–Crippen MR) is 70.1 cm³/mol. The number of carbonyl (C=O) groups excluding carboxylic acids is 1. The van der Waals surface area contributed by atoms with Crippen molar-refractivity contribution in [3.8, 4) is 0 Å². The average molecular weight is 251 g/mol. The van der Waals surface area contributed by atoms with E-state index in [0.717, 1.165) is 25.7 Å². The first-order valence-electron chi connectivity index (χ1n) is 6.48. The molecule has 2 N–H and O–H groups in total. The van der Waals surface area contributed by atoms with Crippen molar-refractivity contribution >= 4 is 11.9 Å². The van der Waals surface area contributed by atoms with Crippen LogP contribution in [0.15, 0.2) is 24.3 Å². The normalized spacial score (nSPS) is 25.2. The fourth-order valence-corrected chi connectivity index (χ4v) is 2.26. The molecule has 0 heterocycles. The van der Waals surface area contributed by atoms with Gasteiger partial charge in [-0.1, -0.05) is 37.5 Å². The maximum absolute atomic E-state index is 11.6. The first-order chi connectivity index (χ1) is 8.65. The lowest BCUT2D eigenvalue weighted by Crippen LogP contribution is -2.42. The minimum atomic E-state index is -0.806. The van der Waals surface area contributed by atoms with Gasteiger partial charge in [0.15, 0.2) is 0 Å². The van der Waals surface area contributed by atoms with Crippen molar-refractivity contribution in [1.82, 2.24) is 5.32 Å². The Bertz CT molecular complexity index is 347. The molecule has 1 fully saturated rings. The number of hydrogen-bond donors (Lipinski definition) is 2. The third kappa shape index (κ3) is 4.73. The van der Waals surface area contributed by atoms with Crippen LogP contribution in [-0.2, 0) is 9.59 Å². The van der Waals surface area contributed by atoms with Gasteiger partial charge < -0.3 is 10.4 Å². The number of rotatable bonds is 4. The lowest BCUT2D eigenvalue weighted by atomic mass is 9.95. The molecule has 0 aromatic heterocycles. The summed E-state index contributed by atoms with van der Waals surface area (Å²) >= 11 is 0. The second-order valence-corrected chi connectivity index (χ2v) is 4.58. The van der Waals surface area contributed by atoms with Gasteiger partial charge in [0.05, 0.1) is 5.92 Å². The van der Waals surface area contributed by atoms with Crippen LogP contribution in [0.2, 0.25) is 0 Å². The molecule has 1 rings (SSSR count). The van der Waals surface area contributed by atoms with E-state index in [1.54, 1.807) is 12.2 Å². The van der Waals surface area contributed by atoms with E-state index in [4.69, 9.17) is 0 Å². The monoisotopic (exact) mass is 251 g/mol. The van der Waals surface area contributed by atoms with E-state index >= 15 is 0 Å². The van der Waals surface area contributed by atoms with Crippen molar-refractivity contribution in [2.75, 3.05) is 0 Å². The van der Waals surface area contributed by atoms with Crippen molar-refractivity contribution in [3.63, 3.8) is 0 Å². The van der Waals surface area contributed by atoms with E-state index in [0.29, 0.717) is 6.42 Å². The number of carboxylic acid groups (broad SMARTS) is 1. The molecule has 0 unspecified atom stereocenters. The van der Waals surface area contributed by atoms with Gasteiger partial charge in [-0.05, 0) is 19.8 Å². The van der Waals surface area contributed by atoms with Gasteiger partial charge in [0.2, 0.25) is 5.91 Å². The largest absolute Gasteiger partial charge is 0.481 e. The molecule has 0 radical (unpaired) electrons. The summed E-state index contributed by atoms with van der Waals surface area (Å²) in [5, 5.41) is 12.0. The van der Waals surface area contributed by atoms with Crippen LogP contribution >= 0.6 is 0 Å². The maximum Gasteiger partial charge on any atom is 0.308 e. The molecular formula is C14H21NO3. The van der Waals surface area contributed by atoms with Gasteiger partial charge >= 0.3 is 5.97 Å². The molecule has 0 spiro atoms. The second kappa shape index (κ2) is 7.69. The van der Waals surface area contributed by atoms with Crippen LogP contribution in [0.1, 0.15) is 39.0 Å². The average Bonchev–Trinajstić information content (AvgIpc) is 2.55. The van der Waals surface area contributed by atoms with Gasteiger partial charge in [0.25, 0.3) is 0 Å². The molecular weight excluding hydrogens is 230 g/mol. The van der Waals surface area contributed by atoms with Crippen molar-refractivity contribution in [3.05, 3.63) is 24.3 Å². The van der Waals surface area contributed by atoms with E-state index in [1.165, 1.54) is 6.08 Å². The van der Waals surface area contributed by atoms with Gasteiger partial charge in [-0.3, -0.25) is 9.59 Å². The lowest BCUT2D eigenvalue weighted by Gasteiger charge is -2.22. The predicted octanol–water partition coefficient (Wildman–Crippen LogP) is 2.27. The van der Waals surface area contributed by atoms with E-state index in [9.17, 15) is 14.7 Å². The molecule has 0 saturated heterocycles. The number of nitrogens with one attached hydrogen (secondary N) is 1. The highest BCUT2D eigenvalue weighted by atomic mass is 16.4. The Kier molecular flexibility index (Phi) is 6.19. The zero-order valence-corrected chi connectivity index (χ0v) is 10.8. The Morgan fingerprint density at radius 2 is 1.89 bits per heavy atom. The quantitative estimate of drug-likeness (QED) is 0.457. The van der Waals surface area contributed by atoms with Crippen LogP contribution < -0.4 is 5.32 Å². The SMILES string of the molecule is C/C=C/C=C/C(=O)N[C@@H]1CCCCC[C@@H]1C(=O)O. The zero-order chi connectivity index (χ0) is 13.4. The van der Waals surface area contributed by atoms with Crippen molar-refractivity contribution in [2.24, 2.45) is 5.92 Å². The Morgan fingerprint density at radius 3 is 2.56 bits per heavy atom. The fourth-order valence-electron chi connectivity index (χ4n) is 2.26. The summed E-state index contributed by atoms with van der Waals surface area (Å²) in [7, 11) is 0. The van der Waals surface area contributed by atoms with Crippen LogP contribution in [-0.4, -0.2) is 23.0 Å². The van der Waals surface area contributed by atoms with Crippen molar-refractivity contribution in [1.29, 1.82) is 0 Å². The number of hydrogen-bond acceptors (Lipinski definition) is 2. The summed E-state index contributed by atoms with van der Waals surface area (Å²) in [5.74, 6) is -1.47. The third-order valence-corrected chi connectivity index (χ3v) is 3.21. The second-order valence-electron chi connectivity index (χ2n) is 4.58. The van der Waals surface area contributed by atoms with Crippen molar-refractivity contribution in [2.45, 2.75) is 45.1 Å². The summed E-state index contributed by atoms with van der Waals surface area (Å²) in [5.41, 5.74) is 0. The highest BCUT2D eigenvalue weighted by molar-refractivity contribution is 5.88. The highest BCUT2D eigenvalue weighted by Crippen LogP contribution is 2.23. The Labute approximate surface area is 108 Å². The standard InChI is InChI=1S/C14H21NO3/c1-2-3-5-10-13(16)15-12-9-7-4-6-8-11(12)14(17)18/h2-3,5,10-12H,4,6-9H2,1H3,(H,15,16)(H,17,18)/b3-2+,10-5+/t11-,12+/m0/s1.